The topological polar surface area (TPSA) is 38.5 Å². The number of oxazole rings is 1. The third-order valence-electron chi connectivity index (χ3n) is 6.45. The van der Waals surface area contributed by atoms with Gasteiger partial charge in [0.25, 0.3) is 0 Å². The van der Waals surface area contributed by atoms with Gasteiger partial charge in [-0.25, -0.2) is 4.98 Å². The third kappa shape index (κ3) is 5.35. The molecule has 0 atom stereocenters. The number of nitrogens with zero attached hydrogens (tertiary/aromatic N) is 2. The molecule has 1 aliphatic heterocycles. The van der Waals surface area contributed by atoms with E-state index in [1.165, 1.54) is 6.42 Å². The fraction of sp³-hybridized carbons (Fsp3) is 0.321. The molecule has 0 aliphatic carbocycles. The number of hydrogen-bond donors (Lipinski definition) is 0. The fourth-order valence-corrected chi connectivity index (χ4v) is 4.69. The van der Waals surface area contributed by atoms with Crippen molar-refractivity contribution < 1.29 is 22.3 Å². The maximum atomic E-state index is 12.9. The molecule has 3 aromatic carbocycles. The molecule has 1 fully saturated rings. The van der Waals surface area contributed by atoms with Gasteiger partial charge >= 0.3 is 6.18 Å². The Balaban J connectivity index is 1.53. The minimum Gasteiger partial charge on any atom is -0.484 e. The molecule has 1 aliphatic rings. The van der Waals surface area contributed by atoms with Crippen LogP contribution >= 0.6 is 0 Å². The van der Waals surface area contributed by atoms with E-state index in [-0.39, 0.29) is 5.75 Å². The maximum absolute atomic E-state index is 12.9. The number of piperidine rings is 1. The molecule has 0 saturated carbocycles. The summed E-state index contributed by atoms with van der Waals surface area (Å²) in [7, 11) is 0. The van der Waals surface area contributed by atoms with E-state index in [1.807, 2.05) is 37.3 Å². The second kappa shape index (κ2) is 9.74. The first-order valence-corrected chi connectivity index (χ1v) is 11.9. The Labute approximate surface area is 202 Å². The number of likely N-dealkylation sites (tertiary alicyclic amines) is 1. The van der Waals surface area contributed by atoms with Crippen molar-refractivity contribution in [3.8, 4) is 28.3 Å². The summed E-state index contributed by atoms with van der Waals surface area (Å²) in [5.74, 6) is 0.630. The number of rotatable bonds is 6. The number of aromatic nitrogens is 1. The van der Waals surface area contributed by atoms with Crippen molar-refractivity contribution in [2.75, 3.05) is 19.7 Å². The SMILES string of the molecule is Cc1c(-c2ccccc2)cccc1-c1nc2cc(CN3CCCCC3)c(OCC(F)(F)F)cc2o1. The van der Waals surface area contributed by atoms with Crippen LogP contribution in [0.2, 0.25) is 0 Å². The van der Waals surface area contributed by atoms with Gasteiger partial charge in [0.2, 0.25) is 5.89 Å². The van der Waals surface area contributed by atoms with E-state index in [2.05, 4.69) is 23.1 Å². The Morgan fingerprint density at radius 1 is 0.943 bits per heavy atom. The van der Waals surface area contributed by atoms with Gasteiger partial charge in [-0.3, -0.25) is 4.90 Å². The number of fused-ring (bicyclic) bond motifs is 1. The molecule has 0 unspecified atom stereocenters. The molecule has 0 radical (unpaired) electrons. The quantitative estimate of drug-likeness (QED) is 0.288. The normalized spacial score (nSPS) is 15.0. The molecule has 7 heteroatoms. The lowest BCUT2D eigenvalue weighted by Gasteiger charge is -2.27. The number of hydrogen-bond acceptors (Lipinski definition) is 4. The summed E-state index contributed by atoms with van der Waals surface area (Å²) in [5.41, 5.74) is 5.74. The molecule has 35 heavy (non-hydrogen) atoms. The van der Waals surface area contributed by atoms with Crippen LogP contribution in [0.4, 0.5) is 13.2 Å². The van der Waals surface area contributed by atoms with Crippen LogP contribution in [0.3, 0.4) is 0 Å². The van der Waals surface area contributed by atoms with Gasteiger partial charge in [-0.15, -0.1) is 0 Å². The van der Waals surface area contributed by atoms with E-state index in [0.29, 0.717) is 29.1 Å². The molecule has 5 rings (SSSR count). The summed E-state index contributed by atoms with van der Waals surface area (Å²) in [5, 5.41) is 0. The van der Waals surface area contributed by atoms with Crippen LogP contribution in [-0.2, 0) is 6.54 Å². The summed E-state index contributed by atoms with van der Waals surface area (Å²) in [6.07, 6.45) is -1.06. The zero-order valence-corrected chi connectivity index (χ0v) is 19.6. The largest absolute Gasteiger partial charge is 0.484 e. The molecule has 0 amide bonds. The Bertz CT molecular complexity index is 1310. The van der Waals surface area contributed by atoms with Gasteiger partial charge < -0.3 is 9.15 Å². The summed E-state index contributed by atoms with van der Waals surface area (Å²) >= 11 is 0. The lowest BCUT2D eigenvalue weighted by atomic mass is 9.96. The summed E-state index contributed by atoms with van der Waals surface area (Å²) in [4.78, 5) is 6.97. The number of alkyl halides is 3. The van der Waals surface area contributed by atoms with Crippen molar-refractivity contribution in [2.45, 2.75) is 38.9 Å². The van der Waals surface area contributed by atoms with Crippen molar-refractivity contribution in [1.29, 1.82) is 0 Å². The number of halogens is 3. The van der Waals surface area contributed by atoms with Crippen LogP contribution in [0, 0.1) is 6.92 Å². The average molecular weight is 481 g/mol. The lowest BCUT2D eigenvalue weighted by molar-refractivity contribution is -0.153. The van der Waals surface area contributed by atoms with Crippen molar-refractivity contribution in [3.63, 3.8) is 0 Å². The van der Waals surface area contributed by atoms with Crippen LogP contribution in [0.5, 0.6) is 5.75 Å². The molecule has 2 heterocycles. The molecular formula is C28H27F3N2O2. The van der Waals surface area contributed by atoms with Gasteiger partial charge in [-0.2, -0.15) is 13.2 Å². The highest BCUT2D eigenvalue weighted by molar-refractivity contribution is 5.81. The van der Waals surface area contributed by atoms with Crippen LogP contribution in [0.25, 0.3) is 33.7 Å². The predicted octanol–water partition coefficient (Wildman–Crippen LogP) is 7.40. The smallest absolute Gasteiger partial charge is 0.422 e. The van der Waals surface area contributed by atoms with E-state index in [1.54, 1.807) is 12.1 Å². The Morgan fingerprint density at radius 3 is 2.43 bits per heavy atom. The number of benzene rings is 3. The Morgan fingerprint density at radius 2 is 1.69 bits per heavy atom. The minimum absolute atomic E-state index is 0.192. The van der Waals surface area contributed by atoms with E-state index < -0.39 is 12.8 Å². The second-order valence-electron chi connectivity index (χ2n) is 9.03. The van der Waals surface area contributed by atoms with Gasteiger partial charge in [0.05, 0.1) is 0 Å². The monoisotopic (exact) mass is 480 g/mol. The molecule has 182 valence electrons. The molecule has 4 nitrogen and oxygen atoms in total. The fourth-order valence-electron chi connectivity index (χ4n) is 4.69. The highest BCUT2D eigenvalue weighted by Crippen LogP contribution is 2.35. The van der Waals surface area contributed by atoms with Crippen molar-refractivity contribution in [1.82, 2.24) is 9.88 Å². The summed E-state index contributed by atoms with van der Waals surface area (Å²) < 4.78 is 50.1. The standard InChI is InChI=1S/C28H27F3N2O2/c1-19-22(20-9-4-2-5-10-20)11-8-12-23(19)27-32-24-15-21(17-33-13-6-3-7-14-33)25(16-26(24)35-27)34-18-28(29,30)31/h2,4-5,8-12,15-16H,3,6-7,13-14,17-18H2,1H3. The van der Waals surface area contributed by atoms with Crippen LogP contribution in [-0.4, -0.2) is 35.8 Å². The first-order chi connectivity index (χ1) is 16.9. The van der Waals surface area contributed by atoms with Crippen LogP contribution < -0.4 is 4.74 Å². The van der Waals surface area contributed by atoms with E-state index in [9.17, 15) is 13.2 Å². The van der Waals surface area contributed by atoms with Crippen molar-refractivity contribution >= 4 is 11.1 Å². The van der Waals surface area contributed by atoms with Gasteiger partial charge in [-0.05, 0) is 61.7 Å². The molecule has 0 spiro atoms. The lowest BCUT2D eigenvalue weighted by Crippen LogP contribution is -2.29. The third-order valence-corrected chi connectivity index (χ3v) is 6.45. The van der Waals surface area contributed by atoms with Crippen molar-refractivity contribution in [3.05, 3.63) is 71.8 Å². The van der Waals surface area contributed by atoms with Gasteiger partial charge in [0.15, 0.2) is 12.2 Å². The average Bonchev–Trinajstić information content (AvgIpc) is 3.26. The maximum Gasteiger partial charge on any atom is 0.422 e. The van der Waals surface area contributed by atoms with E-state index in [0.717, 1.165) is 48.2 Å². The molecule has 1 saturated heterocycles. The van der Waals surface area contributed by atoms with Gasteiger partial charge in [0, 0.05) is 23.7 Å². The Hall–Kier alpha value is -3.32. The highest BCUT2D eigenvalue weighted by atomic mass is 19.4. The highest BCUT2D eigenvalue weighted by Gasteiger charge is 2.29. The minimum atomic E-state index is -4.42. The Kier molecular flexibility index (Phi) is 6.52. The van der Waals surface area contributed by atoms with Gasteiger partial charge in [-0.1, -0.05) is 48.9 Å². The first-order valence-electron chi connectivity index (χ1n) is 11.9. The number of ether oxygens (including phenoxy) is 1. The van der Waals surface area contributed by atoms with E-state index in [4.69, 9.17) is 14.1 Å². The van der Waals surface area contributed by atoms with Crippen molar-refractivity contribution in [2.24, 2.45) is 0 Å². The van der Waals surface area contributed by atoms with Crippen LogP contribution in [0.15, 0.2) is 65.1 Å². The predicted molar refractivity (Wildman–Crippen MR) is 130 cm³/mol. The van der Waals surface area contributed by atoms with E-state index >= 15 is 0 Å². The molecular weight excluding hydrogens is 453 g/mol. The summed E-state index contributed by atoms with van der Waals surface area (Å²) in [6, 6.07) is 19.4. The summed E-state index contributed by atoms with van der Waals surface area (Å²) in [6.45, 7) is 3.04. The van der Waals surface area contributed by atoms with Crippen LogP contribution in [0.1, 0.15) is 30.4 Å². The molecule has 0 N–H and O–H groups in total. The zero-order valence-electron chi connectivity index (χ0n) is 19.6. The molecule has 1 aromatic heterocycles. The molecule has 4 aromatic rings. The second-order valence-corrected chi connectivity index (χ2v) is 9.03. The zero-order chi connectivity index (χ0) is 24.4. The molecule has 0 bridgehead atoms. The van der Waals surface area contributed by atoms with Gasteiger partial charge in [0.1, 0.15) is 11.3 Å². The first kappa shape index (κ1) is 23.4.